The van der Waals surface area contributed by atoms with Gasteiger partial charge in [-0.15, -0.1) is 0 Å². The number of likely N-dealkylation sites (N-methyl/N-ethyl adjacent to an activating group) is 1. The molecular formula is C16H24N2O2. The largest absolute Gasteiger partial charge is 0.399 e. The van der Waals surface area contributed by atoms with E-state index >= 15 is 0 Å². The quantitative estimate of drug-likeness (QED) is 0.841. The maximum absolute atomic E-state index is 12.0. The van der Waals surface area contributed by atoms with Gasteiger partial charge < -0.3 is 15.4 Å². The lowest BCUT2D eigenvalue weighted by atomic mass is 9.90. The van der Waals surface area contributed by atoms with Gasteiger partial charge >= 0.3 is 0 Å². The van der Waals surface area contributed by atoms with Gasteiger partial charge in [-0.1, -0.05) is 19.3 Å². The highest BCUT2D eigenvalue weighted by atomic mass is 16.5. The van der Waals surface area contributed by atoms with Crippen molar-refractivity contribution in [2.24, 2.45) is 5.92 Å². The van der Waals surface area contributed by atoms with Crippen LogP contribution in [0.4, 0.5) is 11.4 Å². The van der Waals surface area contributed by atoms with Crippen molar-refractivity contribution in [3.05, 3.63) is 24.3 Å². The Labute approximate surface area is 120 Å². The van der Waals surface area contributed by atoms with Crippen LogP contribution in [-0.2, 0) is 9.53 Å². The van der Waals surface area contributed by atoms with E-state index in [9.17, 15) is 4.79 Å². The molecule has 0 heterocycles. The molecule has 2 N–H and O–H groups in total. The fraction of sp³-hybridized carbons (Fsp3) is 0.562. The number of carbonyl (C=O) groups is 1. The van der Waals surface area contributed by atoms with Gasteiger partial charge in [-0.2, -0.15) is 0 Å². The van der Waals surface area contributed by atoms with Crippen LogP contribution in [-0.4, -0.2) is 26.2 Å². The highest BCUT2D eigenvalue weighted by molar-refractivity contribution is 5.93. The van der Waals surface area contributed by atoms with Crippen molar-refractivity contribution in [2.75, 3.05) is 30.9 Å². The summed E-state index contributed by atoms with van der Waals surface area (Å²) in [5.41, 5.74) is 7.17. The second-order valence-corrected chi connectivity index (χ2v) is 5.56. The zero-order valence-electron chi connectivity index (χ0n) is 12.2. The van der Waals surface area contributed by atoms with E-state index in [1.165, 1.54) is 32.1 Å². The number of carbonyl (C=O) groups excluding carboxylic acids is 1. The zero-order chi connectivity index (χ0) is 14.4. The average Bonchev–Trinajstić information content (AvgIpc) is 2.48. The van der Waals surface area contributed by atoms with E-state index in [2.05, 4.69) is 0 Å². The molecule has 0 radical (unpaired) electrons. The first-order valence-corrected chi connectivity index (χ1v) is 7.36. The molecule has 2 rings (SSSR count). The molecule has 4 heteroatoms. The summed E-state index contributed by atoms with van der Waals surface area (Å²) in [6, 6.07) is 7.27. The van der Waals surface area contributed by atoms with Crippen LogP contribution < -0.4 is 10.6 Å². The lowest BCUT2D eigenvalue weighted by Gasteiger charge is -2.22. The van der Waals surface area contributed by atoms with Gasteiger partial charge in [0.05, 0.1) is 6.61 Å². The van der Waals surface area contributed by atoms with Crippen LogP contribution in [0.2, 0.25) is 0 Å². The van der Waals surface area contributed by atoms with Crippen LogP contribution in [0.1, 0.15) is 32.1 Å². The van der Waals surface area contributed by atoms with E-state index in [0.29, 0.717) is 18.2 Å². The molecule has 1 fully saturated rings. The standard InChI is InChI=1S/C16H24N2O2/c1-18(15-9-7-14(17)8-10-15)16(19)12-20-11-13-5-3-2-4-6-13/h7-10,13H,2-6,11-12,17H2,1H3. The maximum Gasteiger partial charge on any atom is 0.252 e. The summed E-state index contributed by atoms with van der Waals surface area (Å²) in [6.45, 7) is 0.860. The molecule has 1 aromatic carbocycles. The highest BCUT2D eigenvalue weighted by Crippen LogP contribution is 2.23. The molecule has 0 saturated heterocycles. The van der Waals surface area contributed by atoms with Gasteiger partial charge in [-0.05, 0) is 43.0 Å². The third kappa shape index (κ3) is 4.23. The molecule has 110 valence electrons. The van der Waals surface area contributed by atoms with E-state index in [1.807, 2.05) is 12.1 Å². The summed E-state index contributed by atoms with van der Waals surface area (Å²) >= 11 is 0. The smallest absolute Gasteiger partial charge is 0.252 e. The van der Waals surface area contributed by atoms with Crippen molar-refractivity contribution in [3.8, 4) is 0 Å². The molecule has 0 spiro atoms. The molecule has 0 atom stereocenters. The van der Waals surface area contributed by atoms with Crippen molar-refractivity contribution in [1.29, 1.82) is 0 Å². The zero-order valence-corrected chi connectivity index (χ0v) is 12.2. The number of nitrogens with zero attached hydrogens (tertiary/aromatic N) is 1. The molecule has 0 unspecified atom stereocenters. The number of amides is 1. The second-order valence-electron chi connectivity index (χ2n) is 5.56. The van der Waals surface area contributed by atoms with Crippen molar-refractivity contribution < 1.29 is 9.53 Å². The van der Waals surface area contributed by atoms with Crippen LogP contribution in [0.3, 0.4) is 0 Å². The summed E-state index contributed by atoms with van der Waals surface area (Å²) in [5, 5.41) is 0. The second kappa shape index (κ2) is 7.29. The molecule has 0 aliphatic heterocycles. The Morgan fingerprint density at radius 2 is 1.90 bits per heavy atom. The van der Waals surface area contributed by atoms with E-state index in [4.69, 9.17) is 10.5 Å². The Hall–Kier alpha value is -1.55. The Balaban J connectivity index is 1.74. The molecule has 1 saturated carbocycles. The van der Waals surface area contributed by atoms with Gasteiger partial charge in [-0.3, -0.25) is 4.79 Å². The number of nitrogens with two attached hydrogens (primary N) is 1. The number of hydrogen-bond acceptors (Lipinski definition) is 3. The molecular weight excluding hydrogens is 252 g/mol. The fourth-order valence-corrected chi connectivity index (χ4v) is 2.61. The minimum absolute atomic E-state index is 0.0226. The SMILES string of the molecule is CN(C(=O)COCC1CCCCC1)c1ccc(N)cc1. The topological polar surface area (TPSA) is 55.6 Å². The number of rotatable bonds is 5. The minimum Gasteiger partial charge on any atom is -0.399 e. The number of anilines is 2. The summed E-state index contributed by atoms with van der Waals surface area (Å²) in [5.74, 6) is 0.615. The maximum atomic E-state index is 12.0. The fourth-order valence-electron chi connectivity index (χ4n) is 2.61. The molecule has 0 aromatic heterocycles. The number of hydrogen-bond donors (Lipinski definition) is 1. The Morgan fingerprint density at radius 3 is 2.55 bits per heavy atom. The van der Waals surface area contributed by atoms with Crippen molar-refractivity contribution in [3.63, 3.8) is 0 Å². The van der Waals surface area contributed by atoms with Crippen LogP contribution in [0.15, 0.2) is 24.3 Å². The predicted octanol–water partition coefficient (Wildman–Crippen LogP) is 2.83. The van der Waals surface area contributed by atoms with E-state index in [1.54, 1.807) is 24.1 Å². The first-order valence-electron chi connectivity index (χ1n) is 7.36. The van der Waals surface area contributed by atoms with Crippen LogP contribution >= 0.6 is 0 Å². The van der Waals surface area contributed by atoms with Gasteiger partial charge in [-0.25, -0.2) is 0 Å². The molecule has 4 nitrogen and oxygen atoms in total. The number of nitrogen functional groups attached to an aromatic ring is 1. The van der Waals surface area contributed by atoms with E-state index in [-0.39, 0.29) is 12.5 Å². The Kier molecular flexibility index (Phi) is 5.41. The van der Waals surface area contributed by atoms with Crippen molar-refractivity contribution >= 4 is 17.3 Å². The number of benzene rings is 1. The van der Waals surface area contributed by atoms with E-state index in [0.717, 1.165) is 5.69 Å². The lowest BCUT2D eigenvalue weighted by molar-refractivity contribution is -0.123. The molecule has 0 bridgehead atoms. The Bertz CT molecular complexity index is 425. The Morgan fingerprint density at radius 1 is 1.25 bits per heavy atom. The van der Waals surface area contributed by atoms with Gasteiger partial charge in [0.1, 0.15) is 6.61 Å². The first kappa shape index (κ1) is 14.9. The third-order valence-corrected chi connectivity index (χ3v) is 3.96. The van der Waals surface area contributed by atoms with Gasteiger partial charge in [0, 0.05) is 18.4 Å². The number of ether oxygens (including phenoxy) is 1. The average molecular weight is 276 g/mol. The minimum atomic E-state index is -0.0226. The lowest BCUT2D eigenvalue weighted by Crippen LogP contribution is -2.31. The van der Waals surface area contributed by atoms with Crippen LogP contribution in [0.25, 0.3) is 0 Å². The van der Waals surface area contributed by atoms with Gasteiger partial charge in [0.25, 0.3) is 5.91 Å². The summed E-state index contributed by atoms with van der Waals surface area (Å²) in [7, 11) is 1.76. The third-order valence-electron chi connectivity index (χ3n) is 3.96. The summed E-state index contributed by atoms with van der Waals surface area (Å²) < 4.78 is 5.59. The van der Waals surface area contributed by atoms with Crippen molar-refractivity contribution in [1.82, 2.24) is 0 Å². The normalized spacial score (nSPS) is 16.1. The summed E-state index contributed by atoms with van der Waals surface area (Å²) in [4.78, 5) is 13.7. The van der Waals surface area contributed by atoms with Crippen LogP contribution in [0, 0.1) is 5.92 Å². The van der Waals surface area contributed by atoms with Crippen molar-refractivity contribution in [2.45, 2.75) is 32.1 Å². The highest BCUT2D eigenvalue weighted by Gasteiger charge is 2.15. The molecule has 1 aromatic rings. The molecule has 20 heavy (non-hydrogen) atoms. The first-order chi connectivity index (χ1) is 9.66. The van der Waals surface area contributed by atoms with Gasteiger partial charge in [0.2, 0.25) is 0 Å². The molecule has 1 aliphatic rings. The molecule has 1 amide bonds. The monoisotopic (exact) mass is 276 g/mol. The summed E-state index contributed by atoms with van der Waals surface area (Å²) in [6.07, 6.45) is 6.42. The molecule has 1 aliphatic carbocycles. The van der Waals surface area contributed by atoms with E-state index < -0.39 is 0 Å². The predicted molar refractivity (Wildman–Crippen MR) is 81.7 cm³/mol. The van der Waals surface area contributed by atoms with Gasteiger partial charge in [0.15, 0.2) is 0 Å². The van der Waals surface area contributed by atoms with Crippen LogP contribution in [0.5, 0.6) is 0 Å².